The predicted molar refractivity (Wildman–Crippen MR) is 73.1 cm³/mol. The molecule has 0 bridgehead atoms. The second kappa shape index (κ2) is 7.19. The van der Waals surface area contributed by atoms with Crippen molar-refractivity contribution in [1.82, 2.24) is 15.6 Å². The molecule has 1 aromatic rings. The lowest BCUT2D eigenvalue weighted by molar-refractivity contribution is -0.123. The Balaban J connectivity index is 2.75. The number of amides is 1. The predicted octanol–water partition coefficient (Wildman–Crippen LogP) is 2.03. The van der Waals surface area contributed by atoms with Crippen LogP contribution in [-0.2, 0) is 4.79 Å². The molecule has 1 heterocycles. The topological polar surface area (TPSA) is 54.0 Å². The monoisotopic (exact) mass is 267 g/mol. The van der Waals surface area contributed by atoms with Gasteiger partial charge in [-0.15, -0.1) is 0 Å². The van der Waals surface area contributed by atoms with Gasteiger partial charge in [-0.25, -0.2) is 4.39 Å². The molecule has 1 amide bonds. The summed E-state index contributed by atoms with van der Waals surface area (Å²) in [6, 6.07) is 1.01. The van der Waals surface area contributed by atoms with Crippen molar-refractivity contribution >= 4 is 5.91 Å². The van der Waals surface area contributed by atoms with Crippen molar-refractivity contribution in [3.05, 3.63) is 29.8 Å². The average Bonchev–Trinajstić information content (AvgIpc) is 2.36. The van der Waals surface area contributed by atoms with Gasteiger partial charge in [0.15, 0.2) is 0 Å². The number of carbonyl (C=O) groups excluding carboxylic acids is 1. The summed E-state index contributed by atoms with van der Waals surface area (Å²) in [6.07, 6.45) is 3.50. The first-order valence-corrected chi connectivity index (χ1v) is 6.52. The van der Waals surface area contributed by atoms with E-state index in [-0.39, 0.29) is 23.8 Å². The van der Waals surface area contributed by atoms with Crippen LogP contribution in [0.25, 0.3) is 0 Å². The van der Waals surface area contributed by atoms with Crippen molar-refractivity contribution < 1.29 is 9.18 Å². The van der Waals surface area contributed by atoms with Crippen molar-refractivity contribution in [2.75, 3.05) is 7.05 Å². The molecule has 4 nitrogen and oxygen atoms in total. The number of hydrogen-bond acceptors (Lipinski definition) is 3. The fraction of sp³-hybridized carbons (Fsp3) is 0.571. The molecule has 0 aromatic carbocycles. The molecule has 0 saturated heterocycles. The first kappa shape index (κ1) is 15.6. The van der Waals surface area contributed by atoms with Crippen molar-refractivity contribution in [2.45, 2.75) is 39.3 Å². The van der Waals surface area contributed by atoms with Gasteiger partial charge in [0.2, 0.25) is 5.91 Å². The van der Waals surface area contributed by atoms with E-state index in [1.807, 2.05) is 6.92 Å². The molecule has 2 N–H and O–H groups in total. The highest BCUT2D eigenvalue weighted by molar-refractivity contribution is 5.81. The lowest BCUT2D eigenvalue weighted by Crippen LogP contribution is -2.44. The summed E-state index contributed by atoms with van der Waals surface area (Å²) in [5.74, 6) is -0.0240. The number of aromatic nitrogens is 1. The maximum Gasteiger partial charge on any atom is 0.236 e. The molecule has 1 rings (SSSR count). The number of nitrogens with zero attached hydrogens (tertiary/aromatic N) is 1. The van der Waals surface area contributed by atoms with Crippen LogP contribution < -0.4 is 10.6 Å². The van der Waals surface area contributed by atoms with Crippen LogP contribution in [0.1, 0.15) is 38.8 Å². The van der Waals surface area contributed by atoms with Gasteiger partial charge in [0.05, 0.1) is 12.2 Å². The number of carbonyl (C=O) groups is 1. The van der Waals surface area contributed by atoms with E-state index >= 15 is 0 Å². The summed E-state index contributed by atoms with van der Waals surface area (Å²) < 4.78 is 13.1. The molecule has 0 aliphatic heterocycles. The van der Waals surface area contributed by atoms with Crippen LogP contribution in [0.4, 0.5) is 4.39 Å². The molecule has 106 valence electrons. The van der Waals surface area contributed by atoms with Crippen LogP contribution in [0.15, 0.2) is 18.5 Å². The maximum atomic E-state index is 13.1. The number of pyridine rings is 1. The third-order valence-electron chi connectivity index (χ3n) is 2.95. The molecule has 0 aliphatic rings. The maximum absolute atomic E-state index is 13.1. The van der Waals surface area contributed by atoms with Crippen LogP contribution in [0.5, 0.6) is 0 Å². The van der Waals surface area contributed by atoms with Gasteiger partial charge in [-0.1, -0.05) is 13.8 Å². The Kier molecular flexibility index (Phi) is 5.89. The van der Waals surface area contributed by atoms with Gasteiger partial charge in [-0.2, -0.15) is 0 Å². The Morgan fingerprint density at radius 1 is 1.37 bits per heavy atom. The zero-order valence-electron chi connectivity index (χ0n) is 11.9. The summed E-state index contributed by atoms with van der Waals surface area (Å²) in [6.45, 7) is 6.02. The Labute approximate surface area is 113 Å². The number of rotatable bonds is 6. The largest absolute Gasteiger partial charge is 0.358 e. The van der Waals surface area contributed by atoms with Gasteiger partial charge >= 0.3 is 0 Å². The van der Waals surface area contributed by atoms with Gasteiger partial charge in [0.1, 0.15) is 5.82 Å². The summed E-state index contributed by atoms with van der Waals surface area (Å²) in [5, 5.41) is 5.87. The third-order valence-corrected chi connectivity index (χ3v) is 2.95. The minimum Gasteiger partial charge on any atom is -0.358 e. The second-order valence-corrected chi connectivity index (χ2v) is 5.12. The molecular formula is C14H22FN3O. The number of hydrogen-bond donors (Lipinski definition) is 2. The minimum atomic E-state index is -0.369. The molecule has 5 heteroatoms. The second-order valence-electron chi connectivity index (χ2n) is 5.12. The molecule has 19 heavy (non-hydrogen) atoms. The van der Waals surface area contributed by atoms with E-state index < -0.39 is 0 Å². The van der Waals surface area contributed by atoms with Gasteiger partial charge in [-0.05, 0) is 30.9 Å². The highest BCUT2D eigenvalue weighted by Crippen LogP contribution is 2.15. The molecule has 0 saturated carbocycles. The van der Waals surface area contributed by atoms with Gasteiger partial charge in [0.25, 0.3) is 0 Å². The van der Waals surface area contributed by atoms with E-state index in [4.69, 9.17) is 0 Å². The Morgan fingerprint density at radius 3 is 2.58 bits per heavy atom. The Hall–Kier alpha value is -1.49. The van der Waals surface area contributed by atoms with Crippen molar-refractivity contribution in [2.24, 2.45) is 5.92 Å². The molecule has 0 fully saturated rings. The smallest absolute Gasteiger partial charge is 0.236 e. The zero-order chi connectivity index (χ0) is 14.4. The first-order valence-electron chi connectivity index (χ1n) is 6.52. The number of halogens is 1. The molecule has 2 unspecified atom stereocenters. The van der Waals surface area contributed by atoms with E-state index in [1.165, 1.54) is 12.3 Å². The third kappa shape index (κ3) is 4.95. The van der Waals surface area contributed by atoms with E-state index in [2.05, 4.69) is 29.5 Å². The molecule has 1 aromatic heterocycles. The van der Waals surface area contributed by atoms with E-state index in [9.17, 15) is 9.18 Å². The van der Waals surface area contributed by atoms with Crippen molar-refractivity contribution in [1.29, 1.82) is 0 Å². The zero-order valence-corrected chi connectivity index (χ0v) is 11.9. The first-order chi connectivity index (χ1) is 8.93. The number of nitrogens with one attached hydrogen (secondary N) is 2. The van der Waals surface area contributed by atoms with Crippen LogP contribution in [-0.4, -0.2) is 24.0 Å². The van der Waals surface area contributed by atoms with Crippen molar-refractivity contribution in [3.8, 4) is 0 Å². The highest BCUT2D eigenvalue weighted by Gasteiger charge is 2.21. The van der Waals surface area contributed by atoms with E-state index in [0.717, 1.165) is 12.0 Å². The minimum absolute atomic E-state index is 0.0510. The fourth-order valence-electron chi connectivity index (χ4n) is 1.96. The molecule has 0 aliphatic carbocycles. The molecule has 2 atom stereocenters. The molecule has 0 radical (unpaired) electrons. The average molecular weight is 267 g/mol. The van der Waals surface area contributed by atoms with E-state index in [1.54, 1.807) is 13.2 Å². The summed E-state index contributed by atoms with van der Waals surface area (Å²) in [7, 11) is 1.62. The lowest BCUT2D eigenvalue weighted by atomic mass is 10.0. The number of likely N-dealkylation sites (N-methyl/N-ethyl adjacent to an activating group) is 1. The van der Waals surface area contributed by atoms with E-state index in [0.29, 0.717) is 5.92 Å². The molecule has 0 spiro atoms. The Morgan fingerprint density at radius 2 is 2.05 bits per heavy atom. The van der Waals surface area contributed by atoms with Gasteiger partial charge in [0, 0.05) is 19.3 Å². The van der Waals surface area contributed by atoms with Crippen molar-refractivity contribution in [3.63, 3.8) is 0 Å². The van der Waals surface area contributed by atoms with Crippen LogP contribution in [0.2, 0.25) is 0 Å². The summed E-state index contributed by atoms with van der Waals surface area (Å²) in [5.41, 5.74) is 0.734. The fourth-order valence-corrected chi connectivity index (χ4v) is 1.96. The SMILES string of the molecule is CNC(=O)C(CC(C)C)NC(C)c1cncc(F)c1. The Bertz CT molecular complexity index is 423. The van der Waals surface area contributed by atoms with Crippen LogP contribution in [0, 0.1) is 11.7 Å². The standard InChI is InChI=1S/C14H22FN3O/c1-9(2)5-13(14(19)16-4)18-10(3)11-6-12(15)8-17-7-11/h6-10,13,18H,5H2,1-4H3,(H,16,19). The summed E-state index contributed by atoms with van der Waals surface area (Å²) >= 11 is 0. The normalized spacial score (nSPS) is 14.2. The van der Waals surface area contributed by atoms with Crippen LogP contribution >= 0.6 is 0 Å². The summed E-state index contributed by atoms with van der Waals surface area (Å²) in [4.78, 5) is 15.6. The lowest BCUT2D eigenvalue weighted by Gasteiger charge is -2.23. The van der Waals surface area contributed by atoms with Gasteiger partial charge < -0.3 is 5.32 Å². The highest BCUT2D eigenvalue weighted by atomic mass is 19.1. The molecular weight excluding hydrogens is 245 g/mol. The van der Waals surface area contributed by atoms with Crippen LogP contribution in [0.3, 0.4) is 0 Å². The van der Waals surface area contributed by atoms with Gasteiger partial charge in [-0.3, -0.25) is 15.1 Å². The quantitative estimate of drug-likeness (QED) is 0.829.